The van der Waals surface area contributed by atoms with E-state index in [0.717, 1.165) is 7.11 Å². The topological polar surface area (TPSA) is 81.5 Å². The number of carbonyl (C=O) groups excluding carboxylic acids is 1. The van der Waals surface area contributed by atoms with Gasteiger partial charge in [-0.1, -0.05) is 30.3 Å². The largest absolute Gasteiger partial charge is 0.468 e. The molecule has 0 aliphatic carbocycles. The molecule has 1 fully saturated rings. The molecular weight excluding hydrogens is 305 g/mol. The Hall–Kier alpha value is -2.16. The smallest absolute Gasteiger partial charge is 0.400 e. The van der Waals surface area contributed by atoms with Crippen LogP contribution < -0.4 is 5.32 Å². The zero-order valence-electron chi connectivity index (χ0n) is 11.4. The number of halogens is 3. The van der Waals surface area contributed by atoms with Crippen LogP contribution in [0.25, 0.3) is 0 Å². The van der Waals surface area contributed by atoms with Crippen molar-refractivity contribution in [3.05, 3.63) is 46.0 Å². The number of nitrogens with zero attached hydrogens (tertiary/aromatic N) is 1. The summed E-state index contributed by atoms with van der Waals surface area (Å²) >= 11 is 0. The summed E-state index contributed by atoms with van der Waals surface area (Å²) in [4.78, 5) is 21.8. The quantitative estimate of drug-likeness (QED) is 0.521. The molecule has 1 aromatic carbocycles. The van der Waals surface area contributed by atoms with E-state index in [4.69, 9.17) is 0 Å². The van der Waals surface area contributed by atoms with Crippen molar-refractivity contribution >= 4 is 5.97 Å². The van der Waals surface area contributed by atoms with Crippen molar-refractivity contribution in [1.29, 1.82) is 0 Å². The van der Waals surface area contributed by atoms with Crippen molar-refractivity contribution in [2.24, 2.45) is 5.92 Å². The van der Waals surface area contributed by atoms with Gasteiger partial charge in [0.2, 0.25) is 6.04 Å². The number of alkyl halides is 3. The van der Waals surface area contributed by atoms with Crippen LogP contribution in [0, 0.1) is 16.0 Å². The second-order valence-corrected chi connectivity index (χ2v) is 4.90. The molecule has 9 heteroatoms. The maximum absolute atomic E-state index is 13.3. The van der Waals surface area contributed by atoms with Gasteiger partial charge in [0.05, 0.1) is 7.11 Å². The van der Waals surface area contributed by atoms with E-state index < -0.39 is 41.1 Å². The molecular formula is C13H13F3N2O4. The lowest BCUT2D eigenvalue weighted by molar-refractivity contribution is -0.540. The summed E-state index contributed by atoms with van der Waals surface area (Å²) in [5.74, 6) is -3.63. The van der Waals surface area contributed by atoms with Gasteiger partial charge in [-0.15, -0.1) is 0 Å². The first-order chi connectivity index (χ1) is 10.3. The zero-order chi connectivity index (χ0) is 16.5. The minimum Gasteiger partial charge on any atom is -0.468 e. The molecule has 22 heavy (non-hydrogen) atoms. The summed E-state index contributed by atoms with van der Waals surface area (Å²) in [7, 11) is 0.939. The highest BCUT2D eigenvalue weighted by molar-refractivity contribution is 5.77. The van der Waals surface area contributed by atoms with Gasteiger partial charge in [0, 0.05) is 4.92 Å². The van der Waals surface area contributed by atoms with Crippen LogP contribution in [0.3, 0.4) is 0 Å². The molecule has 1 saturated heterocycles. The lowest BCUT2D eigenvalue weighted by Crippen LogP contribution is -2.46. The van der Waals surface area contributed by atoms with Gasteiger partial charge >= 0.3 is 12.1 Å². The first-order valence-corrected chi connectivity index (χ1v) is 6.36. The summed E-state index contributed by atoms with van der Waals surface area (Å²) in [5.41, 5.74) is 0.310. The van der Waals surface area contributed by atoms with Crippen LogP contribution in [-0.2, 0) is 9.53 Å². The number of rotatable bonds is 3. The van der Waals surface area contributed by atoms with E-state index in [1.165, 1.54) is 12.1 Å². The number of ether oxygens (including phenoxy) is 1. The second kappa shape index (κ2) is 5.91. The Balaban J connectivity index is 2.48. The van der Waals surface area contributed by atoms with Crippen molar-refractivity contribution in [2.75, 3.05) is 7.11 Å². The van der Waals surface area contributed by atoms with Gasteiger partial charge in [-0.3, -0.25) is 20.2 Å². The summed E-state index contributed by atoms with van der Waals surface area (Å²) in [6.45, 7) is 0. The van der Waals surface area contributed by atoms with Crippen LogP contribution in [0.5, 0.6) is 0 Å². The number of esters is 1. The third kappa shape index (κ3) is 2.89. The maximum Gasteiger partial charge on any atom is 0.400 e. The number of carbonyl (C=O) groups is 1. The molecule has 2 rings (SSSR count). The Morgan fingerprint density at radius 2 is 1.91 bits per heavy atom. The highest BCUT2D eigenvalue weighted by Gasteiger charge is 2.65. The standard InChI is InChI=1S/C13H13F3N2O4/c1-22-12(19)10-8(13(14,15)16)11(18(20)21)9(17-10)7-5-3-2-4-6-7/h2-6,8-11,17H,1H3/t8-,9-,10-,11+/m1/s1. The molecule has 0 spiro atoms. The lowest BCUT2D eigenvalue weighted by Gasteiger charge is -2.21. The molecule has 4 atom stereocenters. The molecule has 0 unspecified atom stereocenters. The predicted molar refractivity (Wildman–Crippen MR) is 68.5 cm³/mol. The van der Waals surface area contributed by atoms with Gasteiger partial charge in [-0.25, -0.2) is 0 Å². The van der Waals surface area contributed by atoms with E-state index in [9.17, 15) is 28.1 Å². The third-order valence-corrected chi connectivity index (χ3v) is 3.66. The molecule has 0 aromatic heterocycles. The SMILES string of the molecule is COC(=O)[C@@H]1N[C@H](c2ccccc2)[C@@H]([N+](=O)[O-])[C@@H]1C(F)(F)F. The summed E-state index contributed by atoms with van der Waals surface area (Å²) in [5, 5.41) is 13.6. The molecule has 1 aromatic rings. The van der Waals surface area contributed by atoms with Gasteiger partial charge in [0.15, 0.2) is 0 Å². The molecule has 1 N–H and O–H groups in total. The maximum atomic E-state index is 13.3. The van der Waals surface area contributed by atoms with E-state index in [-0.39, 0.29) is 0 Å². The van der Waals surface area contributed by atoms with Gasteiger partial charge in [0.25, 0.3) is 0 Å². The highest BCUT2D eigenvalue weighted by Crippen LogP contribution is 2.43. The predicted octanol–water partition coefficient (Wildman–Crippen LogP) is 1.70. The monoisotopic (exact) mass is 318 g/mol. The zero-order valence-corrected chi connectivity index (χ0v) is 11.4. The van der Waals surface area contributed by atoms with Gasteiger partial charge in [-0.05, 0) is 5.56 Å². The number of methoxy groups -OCH3 is 1. The first-order valence-electron chi connectivity index (χ1n) is 6.36. The fourth-order valence-electron chi connectivity index (χ4n) is 2.73. The van der Waals surface area contributed by atoms with Crippen molar-refractivity contribution in [1.82, 2.24) is 5.32 Å². The van der Waals surface area contributed by atoms with E-state index in [0.29, 0.717) is 5.56 Å². The molecule has 0 saturated carbocycles. The molecule has 1 heterocycles. The van der Waals surface area contributed by atoms with Crippen molar-refractivity contribution in [3.8, 4) is 0 Å². The molecule has 0 amide bonds. The molecule has 6 nitrogen and oxygen atoms in total. The summed E-state index contributed by atoms with van der Waals surface area (Å²) < 4.78 is 44.1. The fourth-order valence-corrected chi connectivity index (χ4v) is 2.73. The Morgan fingerprint density at radius 3 is 2.36 bits per heavy atom. The average Bonchev–Trinajstić information content (AvgIpc) is 2.88. The van der Waals surface area contributed by atoms with Crippen LogP contribution >= 0.6 is 0 Å². The third-order valence-electron chi connectivity index (χ3n) is 3.66. The molecule has 0 bridgehead atoms. The van der Waals surface area contributed by atoms with Crippen molar-refractivity contribution in [3.63, 3.8) is 0 Å². The van der Waals surface area contributed by atoms with E-state index in [1.807, 2.05) is 0 Å². The van der Waals surface area contributed by atoms with Crippen molar-refractivity contribution in [2.45, 2.75) is 24.3 Å². The highest BCUT2D eigenvalue weighted by atomic mass is 19.4. The normalized spacial score (nSPS) is 28.4. The van der Waals surface area contributed by atoms with E-state index >= 15 is 0 Å². The Labute approximate surface area is 123 Å². The molecule has 0 radical (unpaired) electrons. The Bertz CT molecular complexity index is 564. The Morgan fingerprint density at radius 1 is 1.32 bits per heavy atom. The average molecular weight is 318 g/mol. The van der Waals surface area contributed by atoms with Crippen LogP contribution in [0.15, 0.2) is 30.3 Å². The van der Waals surface area contributed by atoms with Crippen LogP contribution in [0.1, 0.15) is 11.6 Å². The number of nitrogens with one attached hydrogen (secondary N) is 1. The summed E-state index contributed by atoms with van der Waals surface area (Å²) in [6.07, 6.45) is -4.91. The number of nitro groups is 1. The van der Waals surface area contributed by atoms with Gasteiger partial charge in [-0.2, -0.15) is 13.2 Å². The lowest BCUT2D eigenvalue weighted by atomic mass is 9.90. The molecule has 120 valence electrons. The summed E-state index contributed by atoms with van der Waals surface area (Å²) in [6, 6.07) is 2.65. The minimum absolute atomic E-state index is 0.310. The fraction of sp³-hybridized carbons (Fsp3) is 0.462. The van der Waals surface area contributed by atoms with Crippen LogP contribution in [-0.4, -0.2) is 36.3 Å². The number of benzene rings is 1. The van der Waals surface area contributed by atoms with Gasteiger partial charge < -0.3 is 4.74 Å². The molecule has 1 aliphatic rings. The van der Waals surface area contributed by atoms with E-state index in [2.05, 4.69) is 10.1 Å². The molecule has 1 aliphatic heterocycles. The van der Waals surface area contributed by atoms with Gasteiger partial charge in [0.1, 0.15) is 18.0 Å². The first kappa shape index (κ1) is 16.2. The van der Waals surface area contributed by atoms with E-state index in [1.54, 1.807) is 18.2 Å². The minimum atomic E-state index is -4.91. The second-order valence-electron chi connectivity index (χ2n) is 4.90. The number of hydrogen-bond donors (Lipinski definition) is 1. The van der Waals surface area contributed by atoms with Crippen molar-refractivity contribution < 1.29 is 27.6 Å². The van der Waals surface area contributed by atoms with Crippen LogP contribution in [0.4, 0.5) is 13.2 Å². The number of hydrogen-bond acceptors (Lipinski definition) is 5. The van der Waals surface area contributed by atoms with Crippen LogP contribution in [0.2, 0.25) is 0 Å². The Kier molecular flexibility index (Phi) is 4.36.